The first-order valence-electron chi connectivity index (χ1n) is 4.51. The molecule has 0 bridgehead atoms. The van der Waals surface area contributed by atoms with Gasteiger partial charge in [0, 0.05) is 0 Å². The molecule has 0 aromatic heterocycles. The molecule has 100 valence electrons. The molecule has 0 saturated carbocycles. The van der Waals surface area contributed by atoms with Gasteiger partial charge >= 0.3 is 0 Å². The van der Waals surface area contributed by atoms with Gasteiger partial charge in [-0.25, -0.2) is 0 Å². The Kier molecular flexibility index (Phi) is 9.10. The van der Waals surface area contributed by atoms with Crippen LogP contribution in [0.15, 0.2) is 11.9 Å². The molecule has 0 fully saturated rings. The Morgan fingerprint density at radius 2 is 1.56 bits per heavy atom. The molecule has 2 unspecified atom stereocenters. The lowest BCUT2D eigenvalue weighted by molar-refractivity contribution is -0.119. The number of amides is 2. The highest BCUT2D eigenvalue weighted by molar-refractivity contribution is 8.01. The van der Waals surface area contributed by atoms with E-state index in [9.17, 15) is 9.59 Å². The first-order chi connectivity index (χ1) is 8.46. The number of nitriles is 1. The van der Waals surface area contributed by atoms with Crippen molar-refractivity contribution in [1.82, 2.24) is 10.6 Å². The van der Waals surface area contributed by atoms with Crippen molar-refractivity contribution in [3.63, 3.8) is 0 Å². The molecule has 0 radical (unpaired) electrons. The normalized spacial score (nSPS) is 12.8. The second-order valence-electron chi connectivity index (χ2n) is 2.77. The molecule has 0 rings (SSSR count). The van der Waals surface area contributed by atoms with Crippen molar-refractivity contribution in [3.05, 3.63) is 11.9 Å². The van der Waals surface area contributed by atoms with Gasteiger partial charge < -0.3 is 10.6 Å². The lowest BCUT2D eigenvalue weighted by Crippen LogP contribution is -2.39. The Bertz CT molecular complexity index is 358. The molecule has 0 saturated heterocycles. The fraction of sp³-hybridized carbons (Fsp3) is 0.444. The van der Waals surface area contributed by atoms with E-state index in [1.807, 2.05) is 0 Å². The van der Waals surface area contributed by atoms with Gasteiger partial charge in [0.15, 0.2) is 9.42 Å². The van der Waals surface area contributed by atoms with Crippen molar-refractivity contribution in [2.45, 2.75) is 9.42 Å². The van der Waals surface area contributed by atoms with E-state index in [-0.39, 0.29) is 5.82 Å². The van der Waals surface area contributed by atoms with Gasteiger partial charge in [-0.1, -0.05) is 0 Å². The fourth-order valence-corrected chi connectivity index (χ4v) is 1.42. The molecule has 0 aromatic carbocycles. The van der Waals surface area contributed by atoms with E-state index in [1.165, 1.54) is 0 Å². The molecule has 0 aromatic rings. The summed E-state index contributed by atoms with van der Waals surface area (Å²) in [6.45, 7) is 0. The van der Waals surface area contributed by atoms with Gasteiger partial charge in [0.1, 0.15) is 5.82 Å². The quantitative estimate of drug-likeness (QED) is 0.569. The maximum atomic E-state index is 11.5. The molecule has 0 heterocycles. The van der Waals surface area contributed by atoms with Crippen LogP contribution >= 0.6 is 46.7 Å². The number of rotatable bonds is 6. The summed E-state index contributed by atoms with van der Waals surface area (Å²) in [5.41, 5.74) is 0. The van der Waals surface area contributed by atoms with Crippen LogP contribution in [-0.4, -0.2) is 33.7 Å². The van der Waals surface area contributed by atoms with Crippen LogP contribution in [0.25, 0.3) is 0 Å². The van der Waals surface area contributed by atoms with Crippen molar-refractivity contribution in [3.8, 4) is 6.07 Å². The number of hydrogen-bond donors (Lipinski definition) is 2. The number of carbonyl (C=O) groups is 2. The maximum absolute atomic E-state index is 11.5. The monoisotopic (exact) mass is 327 g/mol. The zero-order valence-electron chi connectivity index (χ0n) is 9.57. The molecule has 2 N–H and O–H groups in total. The molecular weight excluding hydrogens is 317 g/mol. The van der Waals surface area contributed by atoms with Gasteiger partial charge in [-0.15, -0.1) is 46.7 Å². The van der Waals surface area contributed by atoms with E-state index < -0.39 is 21.2 Å². The fourth-order valence-electron chi connectivity index (χ4n) is 0.761. The zero-order valence-corrected chi connectivity index (χ0v) is 12.7. The van der Waals surface area contributed by atoms with Gasteiger partial charge in [0.05, 0.1) is 12.1 Å². The predicted octanol–water partition coefficient (Wildman–Crippen LogP) is 1.44. The van der Waals surface area contributed by atoms with Crippen molar-refractivity contribution in [2.75, 3.05) is 12.5 Å². The second-order valence-corrected chi connectivity index (χ2v) is 6.05. The molecular formula is C9H11Cl2N3O2S2. The highest BCUT2D eigenvalue weighted by Crippen LogP contribution is 2.12. The molecule has 18 heavy (non-hydrogen) atoms. The zero-order chi connectivity index (χ0) is 14.1. The van der Waals surface area contributed by atoms with Gasteiger partial charge in [-0.2, -0.15) is 5.26 Å². The van der Waals surface area contributed by atoms with Crippen LogP contribution in [0, 0.1) is 11.3 Å². The summed E-state index contributed by atoms with van der Waals surface area (Å²) in [7, 11) is 0. The first kappa shape index (κ1) is 17.4. The van der Waals surface area contributed by atoms with Crippen molar-refractivity contribution < 1.29 is 9.59 Å². The summed E-state index contributed by atoms with van der Waals surface area (Å²) >= 11 is 13.6. The van der Waals surface area contributed by atoms with Crippen molar-refractivity contribution >= 4 is 58.5 Å². The minimum absolute atomic E-state index is 0.0492. The minimum Gasteiger partial charge on any atom is -0.310 e. The molecule has 2 amide bonds. The van der Waals surface area contributed by atoms with Crippen molar-refractivity contribution in [2.24, 2.45) is 0 Å². The lowest BCUT2D eigenvalue weighted by Gasteiger charge is -2.13. The Labute approximate surface area is 124 Å². The summed E-state index contributed by atoms with van der Waals surface area (Å²) in [5, 5.41) is 13.2. The summed E-state index contributed by atoms with van der Waals surface area (Å²) in [6.07, 6.45) is 4.31. The molecule has 0 spiro atoms. The summed E-state index contributed by atoms with van der Waals surface area (Å²) in [4.78, 5) is 23.0. The third-order valence-corrected chi connectivity index (χ3v) is 4.27. The lowest BCUT2D eigenvalue weighted by atomic mass is 10.5. The Morgan fingerprint density at radius 3 is 1.83 bits per heavy atom. The first-order valence-corrected chi connectivity index (χ1v) is 7.96. The van der Waals surface area contributed by atoms with E-state index in [0.717, 1.165) is 29.6 Å². The number of hydrogen-bond acceptors (Lipinski definition) is 5. The van der Waals surface area contributed by atoms with Gasteiger partial charge in [-0.3, -0.25) is 9.59 Å². The van der Waals surface area contributed by atoms with Gasteiger partial charge in [-0.05, 0) is 12.5 Å². The van der Waals surface area contributed by atoms with Gasteiger partial charge in [0.25, 0.3) is 11.8 Å². The van der Waals surface area contributed by atoms with E-state index in [2.05, 4.69) is 10.6 Å². The smallest absolute Gasteiger partial charge is 0.253 e. The van der Waals surface area contributed by atoms with Crippen LogP contribution in [0.3, 0.4) is 0 Å². The molecule has 9 heteroatoms. The molecule has 0 aliphatic rings. The number of carbonyl (C=O) groups excluding carboxylic acids is 2. The van der Waals surface area contributed by atoms with E-state index in [1.54, 1.807) is 18.6 Å². The Balaban J connectivity index is 4.62. The average molecular weight is 328 g/mol. The highest BCUT2D eigenvalue weighted by Gasteiger charge is 2.18. The van der Waals surface area contributed by atoms with Crippen molar-refractivity contribution in [1.29, 1.82) is 5.26 Å². The second kappa shape index (κ2) is 9.39. The third kappa shape index (κ3) is 6.40. The summed E-state index contributed by atoms with van der Waals surface area (Å²) < 4.78 is -1.62. The largest absolute Gasteiger partial charge is 0.310 e. The van der Waals surface area contributed by atoms with E-state index >= 15 is 0 Å². The Morgan fingerprint density at radius 1 is 1.17 bits per heavy atom. The van der Waals surface area contributed by atoms with Crippen LogP contribution in [0.5, 0.6) is 0 Å². The highest BCUT2D eigenvalue weighted by atomic mass is 35.5. The maximum Gasteiger partial charge on any atom is 0.253 e. The molecule has 2 atom stereocenters. The number of allylic oxidation sites excluding steroid dienone is 1. The predicted molar refractivity (Wildman–Crippen MR) is 76.3 cm³/mol. The van der Waals surface area contributed by atoms with Crippen LogP contribution < -0.4 is 10.6 Å². The third-order valence-electron chi connectivity index (χ3n) is 1.55. The van der Waals surface area contributed by atoms with E-state index in [0.29, 0.717) is 0 Å². The van der Waals surface area contributed by atoms with E-state index in [4.69, 9.17) is 28.5 Å². The molecule has 5 nitrogen and oxygen atoms in total. The molecule has 0 aliphatic heterocycles. The van der Waals surface area contributed by atoms with Crippen LogP contribution in [0.2, 0.25) is 0 Å². The topological polar surface area (TPSA) is 82.0 Å². The standard InChI is InChI=1S/C9H11Cl2N3O2S2/c1-17-6(10)8(15)13-5(3-4-12)14-9(16)7(11)18-2/h3,6-7H,1-2H3,(H,13,15)(H,14,16). The number of nitrogens with zero attached hydrogens (tertiary/aromatic N) is 1. The number of nitrogens with one attached hydrogen (secondary N) is 2. The Hall–Kier alpha value is -0.550. The minimum atomic E-state index is -0.809. The number of halogens is 2. The number of alkyl halides is 2. The number of thioether (sulfide) groups is 2. The van der Waals surface area contributed by atoms with Gasteiger partial charge in [0.2, 0.25) is 0 Å². The van der Waals surface area contributed by atoms with Crippen LogP contribution in [0.4, 0.5) is 0 Å². The molecule has 0 aliphatic carbocycles. The summed E-state index contributed by atoms with van der Waals surface area (Å²) in [6, 6.07) is 1.70. The average Bonchev–Trinajstić information content (AvgIpc) is 2.36. The SMILES string of the molecule is CSC(Cl)C(=O)NC(=CC#N)NC(=O)C(Cl)SC. The van der Waals surface area contributed by atoms with Crippen LogP contribution in [-0.2, 0) is 9.59 Å². The van der Waals surface area contributed by atoms with Crippen LogP contribution in [0.1, 0.15) is 0 Å². The summed E-state index contributed by atoms with van der Waals surface area (Å²) in [5.74, 6) is -1.10.